The first-order valence-electron chi connectivity index (χ1n) is 12.5. The van der Waals surface area contributed by atoms with Crippen molar-refractivity contribution in [3.05, 3.63) is 76.8 Å². The number of amides is 1. The number of fused-ring (bicyclic) bond motifs is 3. The summed E-state index contributed by atoms with van der Waals surface area (Å²) in [5.41, 5.74) is 8.76. The van der Waals surface area contributed by atoms with Crippen LogP contribution in [-0.4, -0.2) is 32.7 Å². The van der Waals surface area contributed by atoms with E-state index in [1.165, 1.54) is 6.07 Å². The molecular weight excluding hydrogens is 469 g/mol. The predicted octanol–water partition coefficient (Wildman–Crippen LogP) is 4.48. The number of Topliss-reactive ketones (excluding diaryl/α,β-unsaturated/α-hetero) is 1. The van der Waals surface area contributed by atoms with E-state index in [1.807, 2.05) is 13.0 Å². The molecule has 2 heterocycles. The van der Waals surface area contributed by atoms with Crippen molar-refractivity contribution >= 4 is 11.7 Å². The number of primary amides is 1. The Kier molecular flexibility index (Phi) is 6.32. The fourth-order valence-electron chi connectivity index (χ4n) is 6.16. The van der Waals surface area contributed by atoms with E-state index in [4.69, 9.17) is 22.3 Å². The standard InChI is InChI=1S/C29H28FN5O2/c1-16-21-10-9-20-25(19-6-4-5-7-22(19)30)34-28(17-12-13-33-18(14-17)8-11-24(31)36)35-27(20)29(21,2)15-23(32-3)26(16)37/h4-7,12-14,16,21,23H,8-11,15H2,1-2H3,(H2,31,36)/t16-,21-,23?,29-/m1/s1. The number of carbonyl (C=O) groups excluding carboxylic acids is 2. The van der Waals surface area contributed by atoms with Crippen LogP contribution in [0.2, 0.25) is 0 Å². The minimum atomic E-state index is -0.723. The van der Waals surface area contributed by atoms with Crippen molar-refractivity contribution in [2.24, 2.45) is 17.6 Å². The van der Waals surface area contributed by atoms with Crippen LogP contribution in [0.1, 0.15) is 50.1 Å². The Morgan fingerprint density at radius 1 is 1.27 bits per heavy atom. The number of aryl methyl sites for hydroxylation is 1. The fraction of sp³-hybridized carbons (Fsp3) is 0.379. The molecule has 2 aromatic heterocycles. The summed E-state index contributed by atoms with van der Waals surface area (Å²) in [4.78, 5) is 42.1. The monoisotopic (exact) mass is 497 g/mol. The van der Waals surface area contributed by atoms with Crippen molar-refractivity contribution in [3.8, 4) is 22.6 Å². The fourth-order valence-corrected chi connectivity index (χ4v) is 6.16. The molecule has 1 unspecified atom stereocenters. The quantitative estimate of drug-likeness (QED) is 0.524. The largest absolute Gasteiger partial charge is 0.370 e. The average molecular weight is 498 g/mol. The lowest BCUT2D eigenvalue weighted by atomic mass is 9.55. The topological polar surface area (TPSA) is 103 Å². The Morgan fingerprint density at radius 2 is 2.05 bits per heavy atom. The van der Waals surface area contributed by atoms with Gasteiger partial charge in [-0.25, -0.2) is 20.9 Å². The molecule has 3 aromatic rings. The van der Waals surface area contributed by atoms with E-state index in [2.05, 4.69) is 16.8 Å². The van der Waals surface area contributed by atoms with Crippen LogP contribution in [0.25, 0.3) is 27.5 Å². The first kappa shape index (κ1) is 24.7. The third kappa shape index (κ3) is 4.29. The number of nitrogens with zero attached hydrogens (tertiary/aromatic N) is 4. The van der Waals surface area contributed by atoms with Gasteiger partial charge < -0.3 is 10.6 Å². The minimum Gasteiger partial charge on any atom is -0.370 e. The molecule has 37 heavy (non-hydrogen) atoms. The van der Waals surface area contributed by atoms with Crippen LogP contribution in [0.3, 0.4) is 0 Å². The number of benzene rings is 1. The van der Waals surface area contributed by atoms with Crippen LogP contribution >= 0.6 is 0 Å². The van der Waals surface area contributed by atoms with Crippen molar-refractivity contribution < 1.29 is 14.0 Å². The SMILES string of the molecule is [C-]#[N+]C1C[C@@]2(C)c3nc(-c4ccnc(CCC(N)=O)c4)nc(-c4ccccc4F)c3CC[C@@H]2[C@@H](C)C1=O. The predicted molar refractivity (Wildman–Crippen MR) is 137 cm³/mol. The number of hydrogen-bond acceptors (Lipinski definition) is 5. The molecule has 1 aromatic carbocycles. The maximum absolute atomic E-state index is 15.1. The number of hydrogen-bond donors (Lipinski definition) is 1. The summed E-state index contributed by atoms with van der Waals surface area (Å²) >= 11 is 0. The number of ketones is 1. The van der Waals surface area contributed by atoms with E-state index in [0.717, 1.165) is 17.7 Å². The molecule has 2 aliphatic carbocycles. The van der Waals surface area contributed by atoms with E-state index >= 15 is 4.39 Å². The van der Waals surface area contributed by atoms with Gasteiger partial charge in [-0.3, -0.25) is 14.6 Å². The molecule has 0 radical (unpaired) electrons. The van der Waals surface area contributed by atoms with Crippen molar-refractivity contribution in [1.29, 1.82) is 0 Å². The highest BCUT2D eigenvalue weighted by atomic mass is 19.1. The van der Waals surface area contributed by atoms with Crippen LogP contribution < -0.4 is 5.73 Å². The molecule has 0 spiro atoms. The van der Waals surface area contributed by atoms with Gasteiger partial charge in [-0.1, -0.05) is 26.0 Å². The molecule has 5 rings (SSSR count). The number of rotatable bonds is 5. The lowest BCUT2D eigenvalue weighted by Crippen LogP contribution is -2.52. The summed E-state index contributed by atoms with van der Waals surface area (Å²) in [6.45, 7) is 11.7. The smallest absolute Gasteiger partial charge is 0.282 e. The molecule has 1 amide bonds. The summed E-state index contributed by atoms with van der Waals surface area (Å²) in [5, 5.41) is 0. The second kappa shape index (κ2) is 9.47. The zero-order valence-electron chi connectivity index (χ0n) is 20.9. The van der Waals surface area contributed by atoms with Gasteiger partial charge in [0.1, 0.15) is 5.82 Å². The molecule has 8 heteroatoms. The maximum atomic E-state index is 15.1. The van der Waals surface area contributed by atoms with Gasteiger partial charge in [0.25, 0.3) is 6.04 Å². The van der Waals surface area contributed by atoms with Crippen LogP contribution in [0.5, 0.6) is 0 Å². The van der Waals surface area contributed by atoms with E-state index in [0.29, 0.717) is 47.6 Å². The zero-order valence-corrected chi connectivity index (χ0v) is 20.9. The molecular formula is C29H28FN5O2. The average Bonchev–Trinajstić information content (AvgIpc) is 2.89. The van der Waals surface area contributed by atoms with Gasteiger partial charge in [-0.2, -0.15) is 0 Å². The second-order valence-corrected chi connectivity index (χ2v) is 10.3. The molecule has 7 nitrogen and oxygen atoms in total. The molecule has 2 N–H and O–H groups in total. The normalized spacial score (nSPS) is 24.6. The van der Waals surface area contributed by atoms with E-state index < -0.39 is 17.4 Å². The summed E-state index contributed by atoms with van der Waals surface area (Å²) < 4.78 is 15.1. The van der Waals surface area contributed by atoms with Crippen LogP contribution in [0, 0.1) is 24.2 Å². The second-order valence-electron chi connectivity index (χ2n) is 10.3. The van der Waals surface area contributed by atoms with E-state index in [9.17, 15) is 9.59 Å². The molecule has 1 fully saturated rings. The molecule has 0 saturated heterocycles. The summed E-state index contributed by atoms with van der Waals surface area (Å²) in [5.74, 6) is -0.589. The van der Waals surface area contributed by atoms with Gasteiger partial charge in [-0.05, 0) is 49.4 Å². The van der Waals surface area contributed by atoms with Crippen LogP contribution in [0.15, 0.2) is 42.6 Å². The maximum Gasteiger partial charge on any atom is 0.282 e. The molecule has 1 saturated carbocycles. The van der Waals surface area contributed by atoms with Crippen molar-refractivity contribution in [3.63, 3.8) is 0 Å². The first-order valence-corrected chi connectivity index (χ1v) is 12.5. The summed E-state index contributed by atoms with van der Waals surface area (Å²) in [7, 11) is 0. The molecule has 4 atom stereocenters. The summed E-state index contributed by atoms with van der Waals surface area (Å²) in [6, 6.07) is 9.46. The van der Waals surface area contributed by atoms with Crippen LogP contribution in [-0.2, 0) is 27.8 Å². The molecule has 2 aliphatic rings. The lowest BCUT2D eigenvalue weighted by molar-refractivity contribution is -0.129. The van der Waals surface area contributed by atoms with Crippen molar-refractivity contribution in [2.75, 3.05) is 0 Å². The Morgan fingerprint density at radius 3 is 2.78 bits per heavy atom. The van der Waals surface area contributed by atoms with Gasteiger partial charge in [-0.15, -0.1) is 0 Å². The highest BCUT2D eigenvalue weighted by Gasteiger charge is 2.55. The highest BCUT2D eigenvalue weighted by molar-refractivity contribution is 5.89. The number of halogens is 1. The molecule has 0 bridgehead atoms. The summed E-state index contributed by atoms with van der Waals surface area (Å²) in [6.07, 6.45) is 3.95. The zero-order chi connectivity index (χ0) is 26.3. The number of aromatic nitrogens is 3. The Hall–Kier alpha value is -3.99. The van der Waals surface area contributed by atoms with Gasteiger partial charge in [0.15, 0.2) is 5.82 Å². The Balaban J connectivity index is 1.72. The van der Waals surface area contributed by atoms with Crippen molar-refractivity contribution in [2.45, 2.75) is 57.4 Å². The van der Waals surface area contributed by atoms with E-state index in [-0.39, 0.29) is 29.9 Å². The van der Waals surface area contributed by atoms with Gasteiger partial charge in [0.2, 0.25) is 11.7 Å². The van der Waals surface area contributed by atoms with E-state index in [1.54, 1.807) is 30.5 Å². The Labute approximate surface area is 215 Å². The lowest BCUT2D eigenvalue weighted by Gasteiger charge is -2.47. The molecule has 0 aliphatic heterocycles. The molecule has 188 valence electrons. The van der Waals surface area contributed by atoms with Gasteiger partial charge >= 0.3 is 0 Å². The number of pyridine rings is 1. The third-order valence-corrected chi connectivity index (χ3v) is 8.06. The minimum absolute atomic E-state index is 0.00208. The number of nitrogens with two attached hydrogens (primary N) is 1. The van der Waals surface area contributed by atoms with Crippen molar-refractivity contribution in [1.82, 2.24) is 15.0 Å². The first-order chi connectivity index (χ1) is 17.7. The van der Waals surface area contributed by atoms with Crippen LogP contribution in [0.4, 0.5) is 4.39 Å². The number of carbonyl (C=O) groups is 2. The Bertz CT molecular complexity index is 1450. The highest BCUT2D eigenvalue weighted by Crippen LogP contribution is 2.52. The van der Waals surface area contributed by atoms with Gasteiger partial charge in [0.05, 0.1) is 11.4 Å². The van der Waals surface area contributed by atoms with Gasteiger partial charge in [0, 0.05) is 52.8 Å². The third-order valence-electron chi connectivity index (χ3n) is 8.06.